The van der Waals surface area contributed by atoms with Gasteiger partial charge in [0, 0.05) is 13.1 Å². The minimum absolute atomic E-state index is 0.0291. The molecule has 0 aliphatic heterocycles. The van der Waals surface area contributed by atoms with Gasteiger partial charge in [0.05, 0.1) is 11.7 Å². The molecule has 0 unspecified atom stereocenters. The Morgan fingerprint density at radius 3 is 2.53 bits per heavy atom. The van der Waals surface area contributed by atoms with Gasteiger partial charge in [0.15, 0.2) is 0 Å². The maximum absolute atomic E-state index is 13.6. The lowest BCUT2D eigenvalue weighted by molar-refractivity contribution is 0.0565. The SMILES string of the molecule is CN(C(=O)c1cc(F)ccc1F)C1CCC(O)CC1. The molecule has 1 aromatic carbocycles. The number of benzene rings is 1. The molecular weight excluding hydrogens is 252 g/mol. The molecule has 3 nitrogen and oxygen atoms in total. The summed E-state index contributed by atoms with van der Waals surface area (Å²) in [5.74, 6) is -1.86. The van der Waals surface area contributed by atoms with Crippen molar-refractivity contribution in [2.45, 2.75) is 37.8 Å². The Labute approximate surface area is 110 Å². The smallest absolute Gasteiger partial charge is 0.256 e. The van der Waals surface area contributed by atoms with Gasteiger partial charge in [0.25, 0.3) is 5.91 Å². The molecule has 0 saturated heterocycles. The molecule has 1 aromatic rings. The van der Waals surface area contributed by atoms with Crippen molar-refractivity contribution in [1.82, 2.24) is 4.90 Å². The van der Waals surface area contributed by atoms with Crippen LogP contribution in [0.25, 0.3) is 0 Å². The number of carbonyl (C=O) groups excluding carboxylic acids is 1. The van der Waals surface area contributed by atoms with Crippen LogP contribution in [0.1, 0.15) is 36.0 Å². The molecule has 0 radical (unpaired) electrons. The van der Waals surface area contributed by atoms with Crippen LogP contribution >= 0.6 is 0 Å². The summed E-state index contributed by atoms with van der Waals surface area (Å²) in [6.45, 7) is 0. The van der Waals surface area contributed by atoms with Crippen LogP contribution in [0.4, 0.5) is 8.78 Å². The van der Waals surface area contributed by atoms with Gasteiger partial charge in [0.2, 0.25) is 0 Å². The summed E-state index contributed by atoms with van der Waals surface area (Å²) in [7, 11) is 1.59. The summed E-state index contributed by atoms with van der Waals surface area (Å²) in [5.41, 5.74) is -0.242. The van der Waals surface area contributed by atoms with Crippen LogP contribution in [0.2, 0.25) is 0 Å². The Balaban J connectivity index is 2.12. The number of hydrogen-bond acceptors (Lipinski definition) is 2. The summed E-state index contributed by atoms with van der Waals surface area (Å²) < 4.78 is 26.6. The standard InChI is InChI=1S/C14H17F2NO2/c1-17(10-3-5-11(18)6-4-10)14(19)12-8-9(15)2-7-13(12)16/h2,7-8,10-11,18H,3-6H2,1H3. The lowest BCUT2D eigenvalue weighted by Crippen LogP contribution is -2.40. The van der Waals surface area contributed by atoms with Crippen molar-refractivity contribution in [2.24, 2.45) is 0 Å². The van der Waals surface area contributed by atoms with Gasteiger partial charge in [-0.25, -0.2) is 8.78 Å². The highest BCUT2D eigenvalue weighted by molar-refractivity contribution is 5.94. The zero-order valence-corrected chi connectivity index (χ0v) is 10.8. The van der Waals surface area contributed by atoms with E-state index >= 15 is 0 Å². The van der Waals surface area contributed by atoms with Crippen molar-refractivity contribution in [3.05, 3.63) is 35.4 Å². The van der Waals surface area contributed by atoms with Crippen LogP contribution in [0.3, 0.4) is 0 Å². The lowest BCUT2D eigenvalue weighted by atomic mass is 9.92. The van der Waals surface area contributed by atoms with Crippen molar-refractivity contribution >= 4 is 5.91 Å². The van der Waals surface area contributed by atoms with Gasteiger partial charge in [0.1, 0.15) is 11.6 Å². The van der Waals surface area contributed by atoms with E-state index < -0.39 is 17.5 Å². The Morgan fingerprint density at radius 1 is 1.26 bits per heavy atom. The van der Waals surface area contributed by atoms with E-state index in [4.69, 9.17) is 0 Å². The van der Waals surface area contributed by atoms with E-state index in [1.165, 1.54) is 4.90 Å². The molecule has 1 fully saturated rings. The fourth-order valence-corrected chi connectivity index (χ4v) is 2.46. The number of halogens is 2. The molecule has 2 rings (SSSR count). The van der Waals surface area contributed by atoms with E-state index in [2.05, 4.69) is 0 Å². The molecule has 1 aliphatic rings. The predicted octanol–water partition coefficient (Wildman–Crippen LogP) is 2.34. The van der Waals surface area contributed by atoms with E-state index in [-0.39, 0.29) is 17.7 Å². The summed E-state index contributed by atoms with van der Waals surface area (Å²) in [6, 6.07) is 2.84. The topological polar surface area (TPSA) is 40.5 Å². The molecule has 1 saturated carbocycles. The van der Waals surface area contributed by atoms with E-state index in [1.54, 1.807) is 7.05 Å². The van der Waals surface area contributed by atoms with E-state index in [9.17, 15) is 18.7 Å². The second kappa shape index (κ2) is 5.65. The Morgan fingerprint density at radius 2 is 1.89 bits per heavy atom. The molecule has 0 aromatic heterocycles. The van der Waals surface area contributed by atoms with Crippen LogP contribution in [-0.4, -0.2) is 35.1 Å². The first-order chi connectivity index (χ1) is 8.99. The molecule has 104 valence electrons. The fourth-order valence-electron chi connectivity index (χ4n) is 2.46. The maximum Gasteiger partial charge on any atom is 0.256 e. The number of nitrogens with zero attached hydrogens (tertiary/aromatic N) is 1. The largest absolute Gasteiger partial charge is 0.393 e. The number of hydrogen-bond donors (Lipinski definition) is 1. The Hall–Kier alpha value is -1.49. The summed E-state index contributed by atoms with van der Waals surface area (Å²) in [6.07, 6.45) is 2.31. The Bertz CT molecular complexity index is 471. The number of aliphatic hydroxyl groups excluding tert-OH is 1. The number of amides is 1. The zero-order chi connectivity index (χ0) is 14.0. The molecule has 5 heteroatoms. The Kier molecular flexibility index (Phi) is 4.14. The molecule has 0 atom stereocenters. The maximum atomic E-state index is 13.6. The van der Waals surface area contributed by atoms with Gasteiger partial charge in [-0.3, -0.25) is 4.79 Å². The minimum Gasteiger partial charge on any atom is -0.393 e. The van der Waals surface area contributed by atoms with Crippen molar-refractivity contribution in [2.75, 3.05) is 7.05 Å². The van der Waals surface area contributed by atoms with Crippen molar-refractivity contribution in [3.63, 3.8) is 0 Å². The van der Waals surface area contributed by atoms with Gasteiger partial charge in [-0.05, 0) is 43.9 Å². The van der Waals surface area contributed by atoms with Crippen molar-refractivity contribution in [1.29, 1.82) is 0 Å². The van der Waals surface area contributed by atoms with E-state index in [0.29, 0.717) is 25.7 Å². The first kappa shape index (κ1) is 13.9. The van der Waals surface area contributed by atoms with Gasteiger partial charge in [-0.1, -0.05) is 0 Å². The first-order valence-electron chi connectivity index (χ1n) is 6.39. The lowest BCUT2D eigenvalue weighted by Gasteiger charge is -2.33. The fraction of sp³-hybridized carbons (Fsp3) is 0.500. The second-order valence-electron chi connectivity index (χ2n) is 5.00. The van der Waals surface area contributed by atoms with E-state index in [0.717, 1.165) is 18.2 Å². The third kappa shape index (κ3) is 3.10. The number of carbonyl (C=O) groups is 1. The average Bonchev–Trinajstić information content (AvgIpc) is 2.41. The molecule has 1 amide bonds. The quantitative estimate of drug-likeness (QED) is 0.895. The number of rotatable bonds is 2. The minimum atomic E-state index is -0.714. The average molecular weight is 269 g/mol. The zero-order valence-electron chi connectivity index (χ0n) is 10.8. The second-order valence-corrected chi connectivity index (χ2v) is 5.00. The van der Waals surface area contributed by atoms with Gasteiger partial charge < -0.3 is 10.0 Å². The van der Waals surface area contributed by atoms with Crippen LogP contribution in [0, 0.1) is 11.6 Å². The van der Waals surface area contributed by atoms with Gasteiger partial charge >= 0.3 is 0 Å². The normalized spacial score (nSPS) is 23.2. The monoisotopic (exact) mass is 269 g/mol. The summed E-state index contributed by atoms with van der Waals surface area (Å²) in [5, 5.41) is 9.43. The van der Waals surface area contributed by atoms with Crippen LogP contribution in [0.5, 0.6) is 0 Å². The molecule has 0 spiro atoms. The molecule has 0 bridgehead atoms. The summed E-state index contributed by atoms with van der Waals surface area (Å²) in [4.78, 5) is 13.6. The molecule has 19 heavy (non-hydrogen) atoms. The van der Waals surface area contributed by atoms with Crippen molar-refractivity contribution < 1.29 is 18.7 Å². The molecular formula is C14H17F2NO2. The highest BCUT2D eigenvalue weighted by Gasteiger charge is 2.27. The third-order valence-electron chi connectivity index (χ3n) is 3.69. The molecule has 1 N–H and O–H groups in total. The highest BCUT2D eigenvalue weighted by Crippen LogP contribution is 2.24. The first-order valence-corrected chi connectivity index (χ1v) is 6.39. The third-order valence-corrected chi connectivity index (χ3v) is 3.69. The summed E-state index contributed by atoms with van der Waals surface area (Å²) >= 11 is 0. The predicted molar refractivity (Wildman–Crippen MR) is 66.7 cm³/mol. The number of aliphatic hydroxyl groups is 1. The van der Waals surface area contributed by atoms with Gasteiger partial charge in [-0.15, -0.1) is 0 Å². The van der Waals surface area contributed by atoms with Gasteiger partial charge in [-0.2, -0.15) is 0 Å². The highest BCUT2D eigenvalue weighted by atomic mass is 19.1. The van der Waals surface area contributed by atoms with Crippen molar-refractivity contribution in [3.8, 4) is 0 Å². The molecule has 1 aliphatic carbocycles. The van der Waals surface area contributed by atoms with Crippen LogP contribution < -0.4 is 0 Å². The van der Waals surface area contributed by atoms with Crippen LogP contribution in [0.15, 0.2) is 18.2 Å². The van der Waals surface area contributed by atoms with Crippen LogP contribution in [-0.2, 0) is 0 Å². The molecule has 0 heterocycles. The van der Waals surface area contributed by atoms with E-state index in [1.807, 2.05) is 0 Å².